The lowest BCUT2D eigenvalue weighted by Gasteiger charge is -2.15. The van der Waals surface area contributed by atoms with Crippen LogP contribution in [0.2, 0.25) is 0 Å². The van der Waals surface area contributed by atoms with Crippen molar-refractivity contribution in [1.82, 2.24) is 9.62 Å². The summed E-state index contributed by atoms with van der Waals surface area (Å²) in [5, 5.41) is 0. The third-order valence-corrected chi connectivity index (χ3v) is 4.93. The smallest absolute Gasteiger partial charge is 0.305 e. The maximum Gasteiger partial charge on any atom is 0.416 e. The van der Waals surface area contributed by atoms with Gasteiger partial charge in [-0.05, 0) is 43.4 Å². The Labute approximate surface area is 145 Å². The van der Waals surface area contributed by atoms with Crippen molar-refractivity contribution in [3.63, 3.8) is 0 Å². The van der Waals surface area contributed by atoms with Crippen LogP contribution in [0.5, 0.6) is 0 Å². The minimum atomic E-state index is -4.59. The van der Waals surface area contributed by atoms with Crippen LogP contribution in [0.25, 0.3) is 0 Å². The van der Waals surface area contributed by atoms with Crippen molar-refractivity contribution in [2.75, 3.05) is 14.1 Å². The summed E-state index contributed by atoms with van der Waals surface area (Å²) in [6, 6.07) is 11.0. The second-order valence-corrected chi connectivity index (χ2v) is 7.62. The van der Waals surface area contributed by atoms with Gasteiger partial charge >= 0.3 is 6.18 Å². The molecule has 2 rings (SSSR count). The predicted molar refractivity (Wildman–Crippen MR) is 89.3 cm³/mol. The third-order valence-electron chi connectivity index (χ3n) is 3.53. The molecule has 2 aromatic carbocycles. The number of rotatable bonds is 6. The Morgan fingerprint density at radius 2 is 1.64 bits per heavy atom. The number of hydrogen-bond acceptors (Lipinski definition) is 3. The van der Waals surface area contributed by atoms with Gasteiger partial charge in [-0.1, -0.05) is 30.3 Å². The number of benzene rings is 2. The Morgan fingerprint density at radius 1 is 1.00 bits per heavy atom. The summed E-state index contributed by atoms with van der Waals surface area (Å²) in [5.74, 6) is 0. The molecule has 25 heavy (non-hydrogen) atoms. The van der Waals surface area contributed by atoms with Crippen molar-refractivity contribution >= 4 is 10.0 Å². The van der Waals surface area contributed by atoms with E-state index in [-0.39, 0.29) is 6.54 Å². The monoisotopic (exact) mass is 372 g/mol. The standard InChI is InChI=1S/C17H19F3N2O2S/c1-22(2)12-14-7-4-3-6-13(14)11-21-25(23,24)16-9-5-8-15(10-16)17(18,19)20/h3-10,21H,11-12H2,1-2H3. The molecular formula is C17H19F3N2O2S. The van der Waals surface area contributed by atoms with Crippen LogP contribution < -0.4 is 4.72 Å². The zero-order valence-electron chi connectivity index (χ0n) is 13.8. The third kappa shape index (κ3) is 5.29. The molecule has 0 aliphatic heterocycles. The Morgan fingerprint density at radius 3 is 2.24 bits per heavy atom. The van der Waals surface area contributed by atoms with Gasteiger partial charge < -0.3 is 4.90 Å². The molecule has 0 saturated heterocycles. The van der Waals surface area contributed by atoms with Crippen molar-refractivity contribution in [3.8, 4) is 0 Å². The van der Waals surface area contributed by atoms with Gasteiger partial charge in [0.05, 0.1) is 10.5 Å². The Balaban J connectivity index is 2.21. The van der Waals surface area contributed by atoms with E-state index in [4.69, 9.17) is 0 Å². The Bertz CT molecular complexity index is 834. The van der Waals surface area contributed by atoms with Crippen LogP contribution in [0, 0.1) is 0 Å². The van der Waals surface area contributed by atoms with E-state index < -0.39 is 26.7 Å². The summed E-state index contributed by atoms with van der Waals surface area (Å²) in [6.45, 7) is 0.629. The van der Waals surface area contributed by atoms with Crippen LogP contribution in [0.1, 0.15) is 16.7 Å². The molecule has 0 atom stereocenters. The van der Waals surface area contributed by atoms with Gasteiger partial charge in [0.2, 0.25) is 10.0 Å². The van der Waals surface area contributed by atoms with E-state index in [1.54, 1.807) is 12.1 Å². The second kappa shape index (κ2) is 7.55. The van der Waals surface area contributed by atoms with Crippen molar-refractivity contribution in [2.45, 2.75) is 24.2 Å². The molecule has 0 aliphatic carbocycles. The van der Waals surface area contributed by atoms with Gasteiger partial charge in [0, 0.05) is 13.1 Å². The van der Waals surface area contributed by atoms with E-state index in [0.29, 0.717) is 12.6 Å². The number of nitrogens with zero attached hydrogens (tertiary/aromatic N) is 1. The van der Waals surface area contributed by atoms with Crippen molar-refractivity contribution < 1.29 is 21.6 Å². The van der Waals surface area contributed by atoms with E-state index in [2.05, 4.69) is 4.72 Å². The molecule has 0 radical (unpaired) electrons. The highest BCUT2D eigenvalue weighted by Gasteiger charge is 2.31. The number of hydrogen-bond donors (Lipinski definition) is 1. The molecule has 0 aliphatic rings. The van der Waals surface area contributed by atoms with Crippen LogP contribution in [0.3, 0.4) is 0 Å². The first kappa shape index (κ1) is 19.4. The highest BCUT2D eigenvalue weighted by molar-refractivity contribution is 7.89. The molecule has 0 saturated carbocycles. The predicted octanol–water partition coefficient (Wildman–Crippen LogP) is 3.25. The molecule has 0 fully saturated rings. The average Bonchev–Trinajstić information content (AvgIpc) is 2.53. The lowest BCUT2D eigenvalue weighted by Crippen LogP contribution is -2.25. The van der Waals surface area contributed by atoms with Gasteiger partial charge in [0.1, 0.15) is 0 Å². The molecule has 0 unspecified atom stereocenters. The van der Waals surface area contributed by atoms with Gasteiger partial charge in [-0.2, -0.15) is 13.2 Å². The first-order chi connectivity index (χ1) is 11.6. The minimum Gasteiger partial charge on any atom is -0.305 e. The lowest BCUT2D eigenvalue weighted by molar-refractivity contribution is -0.137. The van der Waals surface area contributed by atoms with Gasteiger partial charge in [-0.3, -0.25) is 0 Å². The molecule has 0 heterocycles. The lowest BCUT2D eigenvalue weighted by atomic mass is 10.1. The molecule has 2 aromatic rings. The SMILES string of the molecule is CN(C)Cc1ccccc1CNS(=O)(=O)c1cccc(C(F)(F)F)c1. The highest BCUT2D eigenvalue weighted by Crippen LogP contribution is 2.30. The summed E-state index contributed by atoms with van der Waals surface area (Å²) in [7, 11) is -0.265. The number of nitrogens with one attached hydrogen (secondary N) is 1. The molecule has 136 valence electrons. The highest BCUT2D eigenvalue weighted by atomic mass is 32.2. The first-order valence-electron chi connectivity index (χ1n) is 7.48. The van der Waals surface area contributed by atoms with E-state index in [0.717, 1.165) is 29.3 Å². The minimum absolute atomic E-state index is 0.00257. The Hall–Kier alpha value is -1.90. The largest absolute Gasteiger partial charge is 0.416 e. The zero-order valence-corrected chi connectivity index (χ0v) is 14.7. The average molecular weight is 372 g/mol. The number of alkyl halides is 3. The maximum absolute atomic E-state index is 12.8. The molecule has 0 aromatic heterocycles. The molecule has 0 spiro atoms. The van der Waals surface area contributed by atoms with E-state index in [1.807, 2.05) is 31.1 Å². The summed E-state index contributed by atoms with van der Waals surface area (Å²) in [4.78, 5) is 1.53. The molecule has 8 heteroatoms. The second-order valence-electron chi connectivity index (χ2n) is 5.86. The van der Waals surface area contributed by atoms with Gasteiger partial charge in [0.15, 0.2) is 0 Å². The van der Waals surface area contributed by atoms with Gasteiger partial charge in [0.25, 0.3) is 0 Å². The molecular weight excluding hydrogens is 353 g/mol. The van der Waals surface area contributed by atoms with Gasteiger partial charge in [-0.25, -0.2) is 13.1 Å². The van der Waals surface area contributed by atoms with Gasteiger partial charge in [-0.15, -0.1) is 0 Å². The van der Waals surface area contributed by atoms with Crippen molar-refractivity contribution in [3.05, 3.63) is 65.2 Å². The van der Waals surface area contributed by atoms with E-state index in [9.17, 15) is 21.6 Å². The fraction of sp³-hybridized carbons (Fsp3) is 0.294. The molecule has 4 nitrogen and oxygen atoms in total. The number of sulfonamides is 1. The fourth-order valence-corrected chi connectivity index (χ4v) is 3.37. The van der Waals surface area contributed by atoms with Crippen LogP contribution in [-0.4, -0.2) is 27.4 Å². The summed E-state index contributed by atoms with van der Waals surface area (Å²) < 4.78 is 65.3. The molecule has 1 N–H and O–H groups in total. The zero-order chi connectivity index (χ0) is 18.7. The van der Waals surface area contributed by atoms with Crippen molar-refractivity contribution in [1.29, 1.82) is 0 Å². The summed E-state index contributed by atoms with van der Waals surface area (Å²) in [5.41, 5.74) is 0.717. The maximum atomic E-state index is 12.8. The number of halogens is 3. The quantitative estimate of drug-likeness (QED) is 0.847. The topological polar surface area (TPSA) is 49.4 Å². The summed E-state index contributed by atoms with van der Waals surface area (Å²) in [6.07, 6.45) is -4.59. The van der Waals surface area contributed by atoms with Crippen LogP contribution >= 0.6 is 0 Å². The Kier molecular flexibility index (Phi) is 5.87. The first-order valence-corrected chi connectivity index (χ1v) is 8.96. The molecule has 0 amide bonds. The molecule has 0 bridgehead atoms. The van der Waals surface area contributed by atoms with Crippen LogP contribution in [0.15, 0.2) is 53.4 Å². The van der Waals surface area contributed by atoms with Crippen LogP contribution in [0.4, 0.5) is 13.2 Å². The normalized spacial score (nSPS) is 12.6. The van der Waals surface area contributed by atoms with E-state index >= 15 is 0 Å². The summed E-state index contributed by atoms with van der Waals surface area (Å²) >= 11 is 0. The van der Waals surface area contributed by atoms with E-state index in [1.165, 1.54) is 0 Å². The fourth-order valence-electron chi connectivity index (χ4n) is 2.32. The van der Waals surface area contributed by atoms with Crippen LogP contribution in [-0.2, 0) is 29.3 Å². The van der Waals surface area contributed by atoms with Crippen molar-refractivity contribution in [2.24, 2.45) is 0 Å².